The maximum absolute atomic E-state index is 13.5. The van der Waals surface area contributed by atoms with Gasteiger partial charge >= 0.3 is 0 Å². The number of rotatable bonds is 4. The molecule has 0 aliphatic heterocycles. The van der Waals surface area contributed by atoms with E-state index in [0.29, 0.717) is 0 Å². The molecule has 1 unspecified atom stereocenters. The van der Waals surface area contributed by atoms with Crippen LogP contribution in [0.2, 0.25) is 0 Å². The highest BCUT2D eigenvalue weighted by atomic mass is 79.9. The molecule has 0 saturated carbocycles. The highest BCUT2D eigenvalue weighted by molar-refractivity contribution is 9.09. The van der Waals surface area contributed by atoms with E-state index in [1.807, 2.05) is 25.1 Å². The fourth-order valence-corrected chi connectivity index (χ4v) is 2.71. The highest BCUT2D eigenvalue weighted by Gasteiger charge is 2.17. The number of ether oxygens (including phenoxy) is 2. The number of alkyl halides is 1. The van der Waals surface area contributed by atoms with E-state index in [1.54, 1.807) is 19.2 Å². The van der Waals surface area contributed by atoms with Crippen molar-refractivity contribution in [3.63, 3.8) is 0 Å². The number of methoxy groups -OCH3 is 2. The molecule has 0 N–H and O–H groups in total. The Bertz CT molecular complexity index is 613. The summed E-state index contributed by atoms with van der Waals surface area (Å²) >= 11 is 3.65. The summed E-state index contributed by atoms with van der Waals surface area (Å²) in [6, 6.07) is 10.8. The molecule has 0 spiro atoms. The zero-order chi connectivity index (χ0) is 14.7. The maximum Gasteiger partial charge on any atom is 0.165 e. The molecule has 0 heterocycles. The molecule has 0 radical (unpaired) electrons. The third-order valence-corrected chi connectivity index (χ3v) is 4.15. The monoisotopic (exact) mass is 338 g/mol. The molecule has 20 heavy (non-hydrogen) atoms. The van der Waals surface area contributed by atoms with Gasteiger partial charge in [0.25, 0.3) is 0 Å². The molecule has 2 nitrogen and oxygen atoms in total. The minimum atomic E-state index is -0.368. The molecule has 2 rings (SSSR count). The van der Waals surface area contributed by atoms with Crippen molar-refractivity contribution in [2.24, 2.45) is 0 Å². The summed E-state index contributed by atoms with van der Waals surface area (Å²) in [5, 5.41) is 0. The van der Waals surface area contributed by atoms with Gasteiger partial charge in [0.05, 0.1) is 19.0 Å². The molecule has 0 bridgehead atoms. The first-order valence-electron chi connectivity index (χ1n) is 6.19. The second-order valence-electron chi connectivity index (χ2n) is 4.50. The first-order chi connectivity index (χ1) is 9.56. The molecule has 1 atom stereocenters. The van der Waals surface area contributed by atoms with Crippen LogP contribution < -0.4 is 9.47 Å². The SMILES string of the molecule is COc1cc(C(Br)c2cc(C)ccc2OC)ccc1F. The summed E-state index contributed by atoms with van der Waals surface area (Å²) in [5.74, 6) is 0.659. The summed E-state index contributed by atoms with van der Waals surface area (Å²) in [5.41, 5.74) is 3.05. The summed E-state index contributed by atoms with van der Waals surface area (Å²) in [6.07, 6.45) is 0. The molecule has 0 fully saturated rings. The summed E-state index contributed by atoms with van der Waals surface area (Å²) in [7, 11) is 3.10. The number of hydrogen-bond acceptors (Lipinski definition) is 2. The molecule has 0 saturated heterocycles. The summed E-state index contributed by atoms with van der Waals surface area (Å²) in [4.78, 5) is -0.0909. The van der Waals surface area contributed by atoms with Gasteiger partial charge in [-0.2, -0.15) is 0 Å². The van der Waals surface area contributed by atoms with Crippen molar-refractivity contribution < 1.29 is 13.9 Å². The van der Waals surface area contributed by atoms with Crippen LogP contribution >= 0.6 is 15.9 Å². The van der Waals surface area contributed by atoms with Crippen LogP contribution in [0, 0.1) is 12.7 Å². The molecule has 0 aromatic heterocycles. The van der Waals surface area contributed by atoms with Crippen LogP contribution in [-0.2, 0) is 0 Å². The Morgan fingerprint density at radius 1 is 1.00 bits per heavy atom. The Kier molecular flexibility index (Phi) is 4.65. The lowest BCUT2D eigenvalue weighted by atomic mass is 10.0. The predicted octanol–water partition coefficient (Wildman–Crippen LogP) is 4.64. The van der Waals surface area contributed by atoms with Crippen LogP contribution in [0.3, 0.4) is 0 Å². The minimum Gasteiger partial charge on any atom is -0.496 e. The average molecular weight is 339 g/mol. The molecule has 4 heteroatoms. The third kappa shape index (κ3) is 2.96. The van der Waals surface area contributed by atoms with Crippen LogP contribution in [0.15, 0.2) is 36.4 Å². The number of aryl methyl sites for hydroxylation is 1. The number of benzene rings is 2. The Morgan fingerprint density at radius 3 is 2.35 bits per heavy atom. The number of hydrogen-bond donors (Lipinski definition) is 0. The van der Waals surface area contributed by atoms with Gasteiger partial charge in [0.15, 0.2) is 11.6 Å². The largest absolute Gasteiger partial charge is 0.496 e. The number of halogens is 2. The van der Waals surface area contributed by atoms with Gasteiger partial charge in [-0.15, -0.1) is 0 Å². The molecule has 0 amide bonds. The van der Waals surface area contributed by atoms with Crippen molar-refractivity contribution in [1.82, 2.24) is 0 Å². The van der Waals surface area contributed by atoms with Crippen LogP contribution in [0.4, 0.5) is 4.39 Å². The fourth-order valence-electron chi connectivity index (χ4n) is 2.07. The van der Waals surface area contributed by atoms with Gasteiger partial charge in [-0.25, -0.2) is 4.39 Å². The van der Waals surface area contributed by atoms with Gasteiger partial charge < -0.3 is 9.47 Å². The third-order valence-electron chi connectivity index (χ3n) is 3.13. The van der Waals surface area contributed by atoms with Crippen molar-refractivity contribution in [2.75, 3.05) is 14.2 Å². The van der Waals surface area contributed by atoms with E-state index in [9.17, 15) is 4.39 Å². The van der Waals surface area contributed by atoms with Gasteiger partial charge in [-0.1, -0.05) is 39.7 Å². The van der Waals surface area contributed by atoms with E-state index < -0.39 is 0 Å². The lowest BCUT2D eigenvalue weighted by Gasteiger charge is -2.16. The molecule has 2 aromatic carbocycles. The smallest absolute Gasteiger partial charge is 0.165 e. The lowest BCUT2D eigenvalue weighted by molar-refractivity contribution is 0.386. The highest BCUT2D eigenvalue weighted by Crippen LogP contribution is 2.38. The maximum atomic E-state index is 13.5. The van der Waals surface area contributed by atoms with Crippen molar-refractivity contribution in [3.05, 3.63) is 58.9 Å². The second-order valence-corrected chi connectivity index (χ2v) is 5.42. The predicted molar refractivity (Wildman–Crippen MR) is 81.5 cm³/mol. The Hall–Kier alpha value is -1.55. The second kappa shape index (κ2) is 6.27. The molecule has 2 aromatic rings. The molecular weight excluding hydrogens is 323 g/mol. The summed E-state index contributed by atoms with van der Waals surface area (Å²) in [6.45, 7) is 2.02. The van der Waals surface area contributed by atoms with Crippen molar-refractivity contribution in [2.45, 2.75) is 11.8 Å². The fraction of sp³-hybridized carbons (Fsp3) is 0.250. The van der Waals surface area contributed by atoms with E-state index in [2.05, 4.69) is 15.9 Å². The van der Waals surface area contributed by atoms with Gasteiger partial charge in [-0.05, 0) is 30.7 Å². The molecule has 106 valence electrons. The summed E-state index contributed by atoms with van der Waals surface area (Å²) < 4.78 is 23.9. The van der Waals surface area contributed by atoms with Gasteiger partial charge in [0.2, 0.25) is 0 Å². The first kappa shape index (κ1) is 14.9. The topological polar surface area (TPSA) is 18.5 Å². The van der Waals surface area contributed by atoms with Gasteiger partial charge in [0.1, 0.15) is 5.75 Å². The van der Waals surface area contributed by atoms with Crippen LogP contribution in [0.25, 0.3) is 0 Å². The van der Waals surface area contributed by atoms with Crippen molar-refractivity contribution in [3.8, 4) is 11.5 Å². The lowest BCUT2D eigenvalue weighted by Crippen LogP contribution is -1.99. The molecule has 0 aliphatic carbocycles. The standard InChI is InChI=1S/C16H16BrFO2/c1-10-4-7-14(19-2)12(8-10)16(17)11-5-6-13(18)15(9-11)20-3/h4-9,16H,1-3H3. The Morgan fingerprint density at radius 2 is 1.70 bits per heavy atom. The van der Waals surface area contributed by atoms with Crippen LogP contribution in [-0.4, -0.2) is 14.2 Å². The van der Waals surface area contributed by atoms with Gasteiger partial charge in [0, 0.05) is 5.56 Å². The zero-order valence-electron chi connectivity index (χ0n) is 11.6. The van der Waals surface area contributed by atoms with Crippen molar-refractivity contribution in [1.29, 1.82) is 0 Å². The molecule has 0 aliphatic rings. The zero-order valence-corrected chi connectivity index (χ0v) is 13.2. The average Bonchev–Trinajstić information content (AvgIpc) is 2.47. The van der Waals surface area contributed by atoms with Crippen molar-refractivity contribution >= 4 is 15.9 Å². The molecular formula is C16H16BrFO2. The van der Waals surface area contributed by atoms with E-state index in [-0.39, 0.29) is 16.4 Å². The first-order valence-corrected chi connectivity index (χ1v) is 7.10. The van der Waals surface area contributed by atoms with E-state index in [1.165, 1.54) is 13.2 Å². The van der Waals surface area contributed by atoms with E-state index in [4.69, 9.17) is 9.47 Å². The van der Waals surface area contributed by atoms with E-state index in [0.717, 1.165) is 22.4 Å². The van der Waals surface area contributed by atoms with Gasteiger partial charge in [-0.3, -0.25) is 0 Å². The normalized spacial score (nSPS) is 12.1. The van der Waals surface area contributed by atoms with E-state index >= 15 is 0 Å². The quantitative estimate of drug-likeness (QED) is 0.756. The Labute approximate surface area is 126 Å². The minimum absolute atomic E-state index is 0.0909. The van der Waals surface area contributed by atoms with Crippen LogP contribution in [0.5, 0.6) is 11.5 Å². The van der Waals surface area contributed by atoms with Crippen LogP contribution in [0.1, 0.15) is 21.5 Å². The Balaban J connectivity index is 2.45.